The van der Waals surface area contributed by atoms with Crippen LogP contribution >= 0.6 is 11.6 Å². The van der Waals surface area contributed by atoms with Crippen LogP contribution in [0.3, 0.4) is 0 Å². The van der Waals surface area contributed by atoms with Gasteiger partial charge in [0.1, 0.15) is 5.82 Å². The summed E-state index contributed by atoms with van der Waals surface area (Å²) in [6.45, 7) is 7.32. The normalized spacial score (nSPS) is 21.4. The molecular formula is C15H29ClN4. The summed E-state index contributed by atoms with van der Waals surface area (Å²) in [7, 11) is 5.90. The highest BCUT2D eigenvalue weighted by Gasteiger charge is 2.25. The van der Waals surface area contributed by atoms with E-state index in [0.717, 1.165) is 12.4 Å². The van der Waals surface area contributed by atoms with Crippen molar-refractivity contribution >= 4 is 17.4 Å². The van der Waals surface area contributed by atoms with Gasteiger partial charge in [-0.3, -0.25) is 0 Å². The zero-order valence-corrected chi connectivity index (χ0v) is 14.3. The van der Waals surface area contributed by atoms with Gasteiger partial charge in [0.15, 0.2) is 0 Å². The van der Waals surface area contributed by atoms with Crippen molar-refractivity contribution in [1.29, 1.82) is 0 Å². The fraction of sp³-hybridized carbons (Fsp3) is 0.667. The molecule has 0 saturated carbocycles. The van der Waals surface area contributed by atoms with E-state index in [-0.39, 0.29) is 0 Å². The molecule has 1 aliphatic heterocycles. The highest BCUT2D eigenvalue weighted by Crippen LogP contribution is 2.19. The van der Waals surface area contributed by atoms with E-state index in [2.05, 4.69) is 34.5 Å². The smallest absolute Gasteiger partial charge is 0.126 e. The predicted molar refractivity (Wildman–Crippen MR) is 89.7 cm³/mol. The van der Waals surface area contributed by atoms with Gasteiger partial charge >= 0.3 is 0 Å². The number of anilines is 1. The van der Waals surface area contributed by atoms with Crippen molar-refractivity contribution in [3.63, 3.8) is 0 Å². The molecule has 2 unspecified atom stereocenters. The molecule has 4 nitrogen and oxygen atoms in total. The van der Waals surface area contributed by atoms with Crippen LogP contribution in [0.4, 0.5) is 5.82 Å². The molecule has 0 spiro atoms. The maximum absolute atomic E-state index is 5.78. The van der Waals surface area contributed by atoms with Gasteiger partial charge in [-0.05, 0) is 46.6 Å². The van der Waals surface area contributed by atoms with Crippen LogP contribution in [-0.2, 0) is 0 Å². The molecule has 0 aromatic carbocycles. The third kappa shape index (κ3) is 7.08. The van der Waals surface area contributed by atoms with Crippen molar-refractivity contribution in [3.05, 3.63) is 23.4 Å². The molecule has 2 heterocycles. The van der Waals surface area contributed by atoms with Gasteiger partial charge in [0, 0.05) is 24.8 Å². The van der Waals surface area contributed by atoms with Crippen molar-refractivity contribution in [2.24, 2.45) is 0 Å². The standard InChI is InChI=1S/C11H16ClN3.C2H7N.C2H6/c1-8-5-10(7-15(8)2)14-11-4-3-9(12)6-13-11;1-3-2;1-2/h3-4,6,8,10H,5,7H2,1-2H3,(H,13,14);3H,1-2H3;1-2H3. The number of likely N-dealkylation sites (tertiary alicyclic amines) is 1. The lowest BCUT2D eigenvalue weighted by molar-refractivity contribution is 0.330. The molecule has 0 amide bonds. The van der Waals surface area contributed by atoms with Crippen LogP contribution in [0.2, 0.25) is 5.02 Å². The molecule has 5 heteroatoms. The number of pyridine rings is 1. The lowest BCUT2D eigenvalue weighted by Gasteiger charge is -2.13. The summed E-state index contributed by atoms with van der Waals surface area (Å²) < 4.78 is 0. The third-order valence-electron chi connectivity index (χ3n) is 2.97. The monoisotopic (exact) mass is 300 g/mol. The molecule has 0 bridgehead atoms. The van der Waals surface area contributed by atoms with E-state index in [1.54, 1.807) is 6.20 Å². The molecule has 1 fully saturated rings. The second kappa shape index (κ2) is 10.9. The second-order valence-corrected chi connectivity index (χ2v) is 5.16. The Morgan fingerprint density at radius 2 is 1.90 bits per heavy atom. The largest absolute Gasteiger partial charge is 0.366 e. The van der Waals surface area contributed by atoms with Crippen LogP contribution in [-0.4, -0.2) is 49.7 Å². The van der Waals surface area contributed by atoms with E-state index in [9.17, 15) is 0 Å². The van der Waals surface area contributed by atoms with E-state index in [1.165, 1.54) is 6.42 Å². The first-order valence-electron chi connectivity index (χ1n) is 7.23. The molecule has 2 N–H and O–H groups in total. The van der Waals surface area contributed by atoms with E-state index >= 15 is 0 Å². The minimum absolute atomic E-state index is 0.499. The molecule has 0 aliphatic carbocycles. The van der Waals surface area contributed by atoms with Crippen molar-refractivity contribution in [3.8, 4) is 0 Å². The summed E-state index contributed by atoms with van der Waals surface area (Å²) in [5.41, 5.74) is 0. The molecule has 1 saturated heterocycles. The minimum Gasteiger partial charge on any atom is -0.366 e. The molecule has 1 aromatic rings. The third-order valence-corrected chi connectivity index (χ3v) is 3.19. The van der Waals surface area contributed by atoms with Crippen LogP contribution in [0, 0.1) is 0 Å². The van der Waals surface area contributed by atoms with E-state index in [4.69, 9.17) is 11.6 Å². The van der Waals surface area contributed by atoms with Crippen molar-refractivity contribution < 1.29 is 0 Å². The van der Waals surface area contributed by atoms with Crippen molar-refractivity contribution in [2.75, 3.05) is 33.0 Å². The molecule has 2 rings (SSSR count). The summed E-state index contributed by atoms with van der Waals surface area (Å²) in [6.07, 6.45) is 2.84. The summed E-state index contributed by atoms with van der Waals surface area (Å²) >= 11 is 5.78. The quantitative estimate of drug-likeness (QED) is 0.880. The summed E-state index contributed by atoms with van der Waals surface area (Å²) in [5.74, 6) is 0.909. The lowest BCUT2D eigenvalue weighted by atomic mass is 10.2. The summed E-state index contributed by atoms with van der Waals surface area (Å²) in [4.78, 5) is 6.59. The number of nitrogens with zero attached hydrogens (tertiary/aromatic N) is 2. The van der Waals surface area contributed by atoms with E-state index in [0.29, 0.717) is 17.1 Å². The predicted octanol–water partition coefficient (Wildman–Crippen LogP) is 3.10. The van der Waals surface area contributed by atoms with E-state index in [1.807, 2.05) is 40.1 Å². The SMILES string of the molecule is CC.CC1CC(Nc2ccc(Cl)cn2)CN1C.CNC. The Kier molecular flexibility index (Phi) is 10.4. The van der Waals surface area contributed by atoms with Gasteiger partial charge in [-0.15, -0.1) is 0 Å². The number of halogens is 1. The van der Waals surface area contributed by atoms with Gasteiger partial charge in [0.05, 0.1) is 5.02 Å². The molecule has 1 aromatic heterocycles. The van der Waals surface area contributed by atoms with E-state index < -0.39 is 0 Å². The van der Waals surface area contributed by atoms with Crippen LogP contribution < -0.4 is 10.6 Å². The first-order valence-corrected chi connectivity index (χ1v) is 7.61. The van der Waals surface area contributed by atoms with Gasteiger partial charge < -0.3 is 15.5 Å². The summed E-state index contributed by atoms with van der Waals surface area (Å²) in [6, 6.07) is 4.93. The maximum Gasteiger partial charge on any atom is 0.126 e. The van der Waals surface area contributed by atoms with Crippen LogP contribution in [0.25, 0.3) is 0 Å². The second-order valence-electron chi connectivity index (χ2n) is 4.73. The first-order chi connectivity index (χ1) is 9.56. The maximum atomic E-state index is 5.78. The Morgan fingerprint density at radius 3 is 2.30 bits per heavy atom. The first kappa shape index (κ1) is 19.2. The highest BCUT2D eigenvalue weighted by molar-refractivity contribution is 6.30. The Labute approximate surface area is 128 Å². The van der Waals surface area contributed by atoms with Gasteiger partial charge in [0.2, 0.25) is 0 Å². The number of aromatic nitrogens is 1. The zero-order valence-electron chi connectivity index (χ0n) is 13.6. The molecule has 20 heavy (non-hydrogen) atoms. The van der Waals surface area contributed by atoms with Gasteiger partial charge in [-0.1, -0.05) is 25.4 Å². The highest BCUT2D eigenvalue weighted by atomic mass is 35.5. The molecule has 0 radical (unpaired) electrons. The Bertz CT molecular complexity index is 332. The fourth-order valence-corrected chi connectivity index (χ4v) is 2.08. The van der Waals surface area contributed by atoms with Crippen LogP contribution in [0.1, 0.15) is 27.2 Å². The number of hydrogen-bond donors (Lipinski definition) is 2. The Balaban J connectivity index is 0.000000641. The zero-order chi connectivity index (χ0) is 15.5. The topological polar surface area (TPSA) is 40.2 Å². The number of nitrogens with one attached hydrogen (secondary N) is 2. The van der Waals surface area contributed by atoms with Gasteiger partial charge in [-0.25, -0.2) is 4.98 Å². The average Bonchev–Trinajstić information content (AvgIpc) is 2.74. The van der Waals surface area contributed by atoms with Crippen LogP contribution in [0.5, 0.6) is 0 Å². The molecule has 1 aliphatic rings. The van der Waals surface area contributed by atoms with Crippen LogP contribution in [0.15, 0.2) is 18.3 Å². The van der Waals surface area contributed by atoms with Crippen molar-refractivity contribution in [1.82, 2.24) is 15.2 Å². The van der Waals surface area contributed by atoms with Crippen molar-refractivity contribution in [2.45, 2.75) is 39.3 Å². The Hall–Kier alpha value is -0.840. The lowest BCUT2D eigenvalue weighted by Crippen LogP contribution is -2.25. The minimum atomic E-state index is 0.499. The molecule has 2 atom stereocenters. The average molecular weight is 301 g/mol. The van der Waals surface area contributed by atoms with Gasteiger partial charge in [0.25, 0.3) is 0 Å². The summed E-state index contributed by atoms with van der Waals surface area (Å²) in [5, 5.41) is 6.85. The molecule has 116 valence electrons. The Morgan fingerprint density at radius 1 is 1.30 bits per heavy atom. The molecular weight excluding hydrogens is 272 g/mol. The number of hydrogen-bond acceptors (Lipinski definition) is 4. The number of likely N-dealkylation sites (N-methyl/N-ethyl adjacent to an activating group) is 1. The number of rotatable bonds is 2. The van der Waals surface area contributed by atoms with Gasteiger partial charge in [-0.2, -0.15) is 0 Å². The fourth-order valence-electron chi connectivity index (χ4n) is 1.97.